The molecule has 1 heterocycles. The number of amides is 2. The molecule has 4 heteroatoms. The molecule has 0 spiro atoms. The van der Waals surface area contributed by atoms with Gasteiger partial charge in [-0.1, -0.05) is 12.8 Å². The maximum Gasteiger partial charge on any atom is 0.251 e. The number of anilines is 1. The van der Waals surface area contributed by atoms with E-state index in [1.54, 1.807) is 11.9 Å². The highest BCUT2D eigenvalue weighted by Crippen LogP contribution is 2.41. The highest BCUT2D eigenvalue weighted by atomic mass is 16.2. The van der Waals surface area contributed by atoms with Gasteiger partial charge in [-0.15, -0.1) is 0 Å². The molecule has 0 unspecified atom stereocenters. The predicted molar refractivity (Wildman–Crippen MR) is 82.6 cm³/mol. The van der Waals surface area contributed by atoms with Crippen LogP contribution in [0.2, 0.25) is 0 Å². The summed E-state index contributed by atoms with van der Waals surface area (Å²) in [5, 5.41) is 3.10. The smallest absolute Gasteiger partial charge is 0.251 e. The van der Waals surface area contributed by atoms with Gasteiger partial charge in [0.2, 0.25) is 5.91 Å². The number of nitrogens with one attached hydrogen (secondary N) is 1. The van der Waals surface area contributed by atoms with Gasteiger partial charge in [0.05, 0.1) is 5.41 Å². The molecule has 21 heavy (non-hydrogen) atoms. The van der Waals surface area contributed by atoms with Crippen LogP contribution in [0, 0.1) is 0 Å². The highest BCUT2D eigenvalue weighted by molar-refractivity contribution is 6.08. The first-order valence-electron chi connectivity index (χ1n) is 7.65. The Morgan fingerprint density at radius 1 is 1.29 bits per heavy atom. The second-order valence-corrected chi connectivity index (χ2v) is 6.68. The van der Waals surface area contributed by atoms with Gasteiger partial charge in [0.1, 0.15) is 0 Å². The molecule has 0 atom stereocenters. The summed E-state index contributed by atoms with van der Waals surface area (Å²) < 4.78 is 0. The third-order valence-electron chi connectivity index (χ3n) is 4.82. The van der Waals surface area contributed by atoms with Crippen molar-refractivity contribution in [3.63, 3.8) is 0 Å². The molecule has 3 rings (SSSR count). The Bertz CT molecular complexity index is 601. The molecule has 1 N–H and O–H groups in total. The van der Waals surface area contributed by atoms with Gasteiger partial charge in [-0.2, -0.15) is 0 Å². The maximum atomic E-state index is 12.4. The lowest BCUT2D eigenvalue weighted by atomic mass is 9.85. The normalized spacial score (nSPS) is 20.7. The standard InChI is InChI=1S/C17H22N2O2/c1-17(2)13-10-11(8-9-14(13)19(3)16(17)21)15(20)18-12-6-4-5-7-12/h8-10,12H,4-7H2,1-3H3,(H,18,20). The van der Waals surface area contributed by atoms with Crippen molar-refractivity contribution in [3.05, 3.63) is 29.3 Å². The first-order chi connectivity index (χ1) is 9.91. The van der Waals surface area contributed by atoms with Gasteiger partial charge in [0, 0.05) is 24.3 Å². The van der Waals surface area contributed by atoms with Crippen LogP contribution >= 0.6 is 0 Å². The molecule has 2 amide bonds. The van der Waals surface area contributed by atoms with E-state index >= 15 is 0 Å². The van der Waals surface area contributed by atoms with E-state index in [1.165, 1.54) is 12.8 Å². The topological polar surface area (TPSA) is 49.4 Å². The minimum absolute atomic E-state index is 0.0255. The second-order valence-electron chi connectivity index (χ2n) is 6.68. The predicted octanol–water partition coefficient (Wildman–Crippen LogP) is 2.61. The minimum Gasteiger partial charge on any atom is -0.349 e. The van der Waals surface area contributed by atoms with Crippen molar-refractivity contribution < 1.29 is 9.59 Å². The van der Waals surface area contributed by atoms with Crippen LogP contribution in [0.3, 0.4) is 0 Å². The van der Waals surface area contributed by atoms with Gasteiger partial charge in [-0.3, -0.25) is 9.59 Å². The van der Waals surface area contributed by atoms with Crippen molar-refractivity contribution in [1.29, 1.82) is 0 Å². The Kier molecular flexibility index (Phi) is 3.27. The number of carbonyl (C=O) groups excluding carboxylic acids is 2. The van der Waals surface area contributed by atoms with Crippen LogP contribution < -0.4 is 10.2 Å². The molecule has 1 aliphatic carbocycles. The summed E-state index contributed by atoms with van der Waals surface area (Å²) in [5.41, 5.74) is 1.93. The largest absolute Gasteiger partial charge is 0.349 e. The summed E-state index contributed by atoms with van der Waals surface area (Å²) in [6.07, 6.45) is 4.54. The molecule has 112 valence electrons. The van der Waals surface area contributed by atoms with Gasteiger partial charge < -0.3 is 10.2 Å². The fourth-order valence-corrected chi connectivity index (χ4v) is 3.45. The Hall–Kier alpha value is -1.84. The molecule has 4 nitrogen and oxygen atoms in total. The van der Waals surface area contributed by atoms with Crippen molar-refractivity contribution in [2.45, 2.75) is 51.0 Å². The summed E-state index contributed by atoms with van der Waals surface area (Å²) in [6.45, 7) is 3.83. The fourth-order valence-electron chi connectivity index (χ4n) is 3.45. The van der Waals surface area contributed by atoms with Crippen LogP contribution in [0.1, 0.15) is 55.5 Å². The van der Waals surface area contributed by atoms with Crippen LogP contribution in [0.4, 0.5) is 5.69 Å². The fraction of sp³-hybridized carbons (Fsp3) is 0.529. The van der Waals surface area contributed by atoms with Crippen LogP contribution in [0.15, 0.2) is 18.2 Å². The van der Waals surface area contributed by atoms with Crippen LogP contribution in [-0.2, 0) is 10.2 Å². The molecular weight excluding hydrogens is 264 g/mol. The van der Waals surface area contributed by atoms with E-state index in [4.69, 9.17) is 0 Å². The Labute approximate surface area is 125 Å². The lowest BCUT2D eigenvalue weighted by Crippen LogP contribution is -2.33. The molecule has 1 aromatic carbocycles. The monoisotopic (exact) mass is 286 g/mol. The molecular formula is C17H22N2O2. The summed E-state index contributed by atoms with van der Waals surface area (Å²) in [4.78, 5) is 26.3. The zero-order valence-corrected chi connectivity index (χ0v) is 12.9. The summed E-state index contributed by atoms with van der Waals surface area (Å²) in [6, 6.07) is 5.88. The number of hydrogen-bond donors (Lipinski definition) is 1. The highest BCUT2D eigenvalue weighted by Gasteiger charge is 2.42. The number of benzene rings is 1. The van der Waals surface area contributed by atoms with E-state index in [0.717, 1.165) is 24.1 Å². The minimum atomic E-state index is -0.562. The Balaban J connectivity index is 1.88. The maximum absolute atomic E-state index is 12.4. The van der Waals surface area contributed by atoms with Gasteiger partial charge in [0.15, 0.2) is 0 Å². The summed E-state index contributed by atoms with van der Waals surface area (Å²) in [7, 11) is 1.79. The van der Waals surface area contributed by atoms with Crippen molar-refractivity contribution in [1.82, 2.24) is 5.32 Å². The number of nitrogens with zero attached hydrogens (tertiary/aromatic N) is 1. The van der Waals surface area contributed by atoms with E-state index in [0.29, 0.717) is 11.6 Å². The van der Waals surface area contributed by atoms with Gasteiger partial charge >= 0.3 is 0 Å². The quantitative estimate of drug-likeness (QED) is 0.908. The lowest BCUT2D eigenvalue weighted by molar-refractivity contribution is -0.121. The number of hydrogen-bond acceptors (Lipinski definition) is 2. The Morgan fingerprint density at radius 2 is 1.95 bits per heavy atom. The van der Waals surface area contributed by atoms with E-state index in [9.17, 15) is 9.59 Å². The molecule has 0 saturated heterocycles. The van der Waals surface area contributed by atoms with Gasteiger partial charge in [-0.25, -0.2) is 0 Å². The van der Waals surface area contributed by atoms with Gasteiger partial charge in [-0.05, 0) is 50.5 Å². The first-order valence-corrected chi connectivity index (χ1v) is 7.65. The van der Waals surface area contributed by atoms with E-state index in [2.05, 4.69) is 5.32 Å². The lowest BCUT2D eigenvalue weighted by Gasteiger charge is -2.17. The molecule has 1 fully saturated rings. The zero-order valence-electron chi connectivity index (χ0n) is 12.9. The first kappa shape index (κ1) is 14.1. The number of carbonyl (C=O) groups is 2. The molecule has 1 aliphatic heterocycles. The van der Waals surface area contributed by atoms with E-state index in [1.807, 2.05) is 32.0 Å². The van der Waals surface area contributed by atoms with Gasteiger partial charge in [0.25, 0.3) is 5.91 Å². The van der Waals surface area contributed by atoms with E-state index in [-0.39, 0.29) is 11.8 Å². The number of rotatable bonds is 2. The van der Waals surface area contributed by atoms with Crippen molar-refractivity contribution in [2.24, 2.45) is 0 Å². The van der Waals surface area contributed by atoms with Crippen molar-refractivity contribution in [3.8, 4) is 0 Å². The second kappa shape index (κ2) is 4.86. The van der Waals surface area contributed by atoms with Crippen LogP contribution in [-0.4, -0.2) is 24.9 Å². The zero-order chi connectivity index (χ0) is 15.2. The average Bonchev–Trinajstić information content (AvgIpc) is 3.02. The molecule has 0 bridgehead atoms. The number of fused-ring (bicyclic) bond motifs is 1. The van der Waals surface area contributed by atoms with Crippen molar-refractivity contribution >= 4 is 17.5 Å². The molecule has 0 aromatic heterocycles. The average molecular weight is 286 g/mol. The molecule has 0 radical (unpaired) electrons. The van der Waals surface area contributed by atoms with Crippen molar-refractivity contribution in [2.75, 3.05) is 11.9 Å². The third-order valence-corrected chi connectivity index (χ3v) is 4.82. The van der Waals surface area contributed by atoms with Crippen LogP contribution in [0.25, 0.3) is 0 Å². The third kappa shape index (κ3) is 2.23. The van der Waals surface area contributed by atoms with Crippen LogP contribution in [0.5, 0.6) is 0 Å². The van der Waals surface area contributed by atoms with E-state index < -0.39 is 5.41 Å². The molecule has 1 aromatic rings. The molecule has 1 saturated carbocycles. The number of likely N-dealkylation sites (N-methyl/N-ethyl adjacent to an activating group) is 1. The summed E-state index contributed by atoms with van der Waals surface area (Å²) >= 11 is 0. The summed E-state index contributed by atoms with van der Waals surface area (Å²) in [5.74, 6) is 0.0494. The SMILES string of the molecule is CN1C(=O)C(C)(C)c2cc(C(=O)NC3CCCC3)ccc21. The Morgan fingerprint density at radius 3 is 2.62 bits per heavy atom. The molecule has 2 aliphatic rings.